The van der Waals surface area contributed by atoms with E-state index in [2.05, 4.69) is 10.0 Å². The number of halogens is 1. The number of amides is 1. The van der Waals surface area contributed by atoms with Gasteiger partial charge >= 0.3 is 0 Å². The van der Waals surface area contributed by atoms with Crippen molar-refractivity contribution in [2.24, 2.45) is 5.92 Å². The maximum absolute atomic E-state index is 14.5. The Balaban J connectivity index is 1.64. The number of sulfonamides is 1. The zero-order chi connectivity index (χ0) is 23.1. The van der Waals surface area contributed by atoms with Crippen LogP contribution in [0.4, 0.5) is 10.1 Å². The van der Waals surface area contributed by atoms with E-state index < -0.39 is 10.0 Å². The molecule has 0 heterocycles. The Hall–Kier alpha value is -2.41. The Bertz CT molecular complexity index is 1110. The van der Waals surface area contributed by atoms with Gasteiger partial charge < -0.3 is 5.32 Å². The molecule has 0 saturated heterocycles. The summed E-state index contributed by atoms with van der Waals surface area (Å²) in [6.45, 7) is 9.64. The molecule has 2 aromatic rings. The summed E-state index contributed by atoms with van der Waals surface area (Å²) < 4.78 is 39.9. The zero-order valence-corrected chi connectivity index (χ0v) is 19.7. The molecule has 31 heavy (non-hydrogen) atoms. The van der Waals surface area contributed by atoms with Crippen LogP contribution in [0.5, 0.6) is 0 Å². The smallest absolute Gasteiger partial charge is 0.229 e. The summed E-state index contributed by atoms with van der Waals surface area (Å²) in [5.41, 5.74) is 3.47. The first kappa shape index (κ1) is 23.3. The number of rotatable bonds is 6. The number of aryl methyl sites for hydroxylation is 1. The van der Waals surface area contributed by atoms with Crippen molar-refractivity contribution >= 4 is 21.6 Å². The normalized spacial score (nSPS) is 19.6. The molecular formula is C24H31FN2O3S. The molecule has 7 heteroatoms. The monoisotopic (exact) mass is 446 g/mol. The molecule has 1 aliphatic rings. The molecule has 0 aromatic heterocycles. The van der Waals surface area contributed by atoms with Crippen molar-refractivity contribution in [3.05, 3.63) is 64.5 Å². The van der Waals surface area contributed by atoms with Gasteiger partial charge in [0.1, 0.15) is 5.82 Å². The van der Waals surface area contributed by atoms with E-state index in [1.165, 1.54) is 0 Å². The predicted molar refractivity (Wildman–Crippen MR) is 122 cm³/mol. The number of carbonyl (C=O) groups excluding carboxylic acids is 1. The molecule has 2 unspecified atom stereocenters. The molecule has 1 aliphatic carbocycles. The Labute approximate surface area is 184 Å². The van der Waals surface area contributed by atoms with E-state index in [0.717, 1.165) is 22.9 Å². The van der Waals surface area contributed by atoms with E-state index in [-0.39, 0.29) is 35.0 Å². The maximum Gasteiger partial charge on any atom is 0.229 e. The van der Waals surface area contributed by atoms with Gasteiger partial charge in [-0.05, 0) is 66.0 Å². The number of anilines is 1. The summed E-state index contributed by atoms with van der Waals surface area (Å²) in [6.07, 6.45) is 1.82. The standard InChI is InChI=1S/C24H31FN2O3S/c1-14-11-16(8-10-22(14)27-31(6,29)30)15(2)26-23(28)19-13-18(19)17-7-9-20(21(25)12-17)24(3,4)5/h7-12,15,18-19,27H,13H2,1-6H3,(H,26,28)/t15?,18?,19-/m1/s1. The van der Waals surface area contributed by atoms with E-state index in [4.69, 9.17) is 0 Å². The molecule has 0 aliphatic heterocycles. The first-order valence-corrected chi connectivity index (χ1v) is 12.3. The topological polar surface area (TPSA) is 75.3 Å². The fraction of sp³-hybridized carbons (Fsp3) is 0.458. The van der Waals surface area contributed by atoms with Gasteiger partial charge in [-0.15, -0.1) is 0 Å². The highest BCUT2D eigenvalue weighted by atomic mass is 32.2. The van der Waals surface area contributed by atoms with Gasteiger partial charge in [0.2, 0.25) is 15.9 Å². The van der Waals surface area contributed by atoms with Crippen LogP contribution in [-0.4, -0.2) is 20.6 Å². The van der Waals surface area contributed by atoms with E-state index in [1.54, 1.807) is 18.2 Å². The molecule has 0 spiro atoms. The van der Waals surface area contributed by atoms with Crippen molar-refractivity contribution in [3.8, 4) is 0 Å². The van der Waals surface area contributed by atoms with Gasteiger partial charge in [0.05, 0.1) is 18.0 Å². The molecule has 3 rings (SSSR count). The summed E-state index contributed by atoms with van der Waals surface area (Å²) in [6, 6.07) is 10.5. The number of hydrogen-bond acceptors (Lipinski definition) is 3. The molecule has 1 amide bonds. The van der Waals surface area contributed by atoms with Gasteiger partial charge in [0.15, 0.2) is 0 Å². The van der Waals surface area contributed by atoms with Crippen LogP contribution in [0.2, 0.25) is 0 Å². The second kappa shape index (κ2) is 8.26. The molecule has 5 nitrogen and oxygen atoms in total. The average Bonchev–Trinajstić information content (AvgIpc) is 3.42. The van der Waals surface area contributed by atoms with Crippen LogP contribution < -0.4 is 10.0 Å². The molecular weight excluding hydrogens is 415 g/mol. The van der Waals surface area contributed by atoms with Crippen LogP contribution in [0.3, 0.4) is 0 Å². The SMILES string of the molecule is Cc1cc(C(C)NC(=O)[C@@H]2CC2c2ccc(C(C)(C)C)c(F)c2)ccc1NS(C)(=O)=O. The maximum atomic E-state index is 14.5. The second-order valence-electron chi connectivity index (χ2n) is 9.62. The third-order valence-electron chi connectivity index (χ3n) is 5.76. The van der Waals surface area contributed by atoms with Crippen LogP contribution in [-0.2, 0) is 20.2 Å². The first-order chi connectivity index (χ1) is 14.3. The molecule has 0 bridgehead atoms. The van der Waals surface area contributed by atoms with Crippen molar-refractivity contribution in [1.82, 2.24) is 5.32 Å². The minimum absolute atomic E-state index is 0.0405. The van der Waals surface area contributed by atoms with Crippen LogP contribution in [0.1, 0.15) is 68.3 Å². The number of hydrogen-bond donors (Lipinski definition) is 2. The lowest BCUT2D eigenvalue weighted by molar-refractivity contribution is -0.123. The van der Waals surface area contributed by atoms with Crippen molar-refractivity contribution in [3.63, 3.8) is 0 Å². The minimum Gasteiger partial charge on any atom is -0.349 e. The van der Waals surface area contributed by atoms with Gasteiger partial charge in [0.25, 0.3) is 0 Å². The highest BCUT2D eigenvalue weighted by Gasteiger charge is 2.44. The largest absolute Gasteiger partial charge is 0.349 e. The second-order valence-corrected chi connectivity index (χ2v) is 11.4. The Morgan fingerprint density at radius 1 is 1.16 bits per heavy atom. The highest BCUT2D eigenvalue weighted by Crippen LogP contribution is 2.48. The lowest BCUT2D eigenvalue weighted by atomic mass is 9.86. The third kappa shape index (κ3) is 5.64. The lowest BCUT2D eigenvalue weighted by Crippen LogP contribution is -2.28. The summed E-state index contributed by atoms with van der Waals surface area (Å²) in [7, 11) is -3.35. The summed E-state index contributed by atoms with van der Waals surface area (Å²) in [5, 5.41) is 3.03. The Kier molecular flexibility index (Phi) is 6.20. The van der Waals surface area contributed by atoms with Gasteiger partial charge in [-0.3, -0.25) is 9.52 Å². The van der Waals surface area contributed by atoms with Gasteiger partial charge in [-0.2, -0.15) is 0 Å². The third-order valence-corrected chi connectivity index (χ3v) is 6.35. The molecule has 1 fully saturated rings. The first-order valence-electron chi connectivity index (χ1n) is 10.4. The fourth-order valence-electron chi connectivity index (χ4n) is 3.90. The van der Waals surface area contributed by atoms with Crippen molar-refractivity contribution < 1.29 is 17.6 Å². The molecule has 2 N–H and O–H groups in total. The summed E-state index contributed by atoms with van der Waals surface area (Å²) >= 11 is 0. The molecule has 2 aromatic carbocycles. The number of carbonyl (C=O) groups is 1. The average molecular weight is 447 g/mol. The fourth-order valence-corrected chi connectivity index (χ4v) is 4.53. The van der Waals surface area contributed by atoms with Crippen LogP contribution in [0.25, 0.3) is 0 Å². The van der Waals surface area contributed by atoms with Crippen molar-refractivity contribution in [2.45, 2.75) is 58.4 Å². The van der Waals surface area contributed by atoms with E-state index in [1.807, 2.05) is 52.8 Å². The van der Waals surface area contributed by atoms with Crippen molar-refractivity contribution in [2.75, 3.05) is 11.0 Å². The van der Waals surface area contributed by atoms with Gasteiger partial charge in [-0.1, -0.05) is 45.0 Å². The molecule has 1 saturated carbocycles. The molecule has 0 radical (unpaired) electrons. The summed E-state index contributed by atoms with van der Waals surface area (Å²) in [4.78, 5) is 12.7. The van der Waals surface area contributed by atoms with Crippen LogP contribution in [0, 0.1) is 18.7 Å². The highest BCUT2D eigenvalue weighted by molar-refractivity contribution is 7.92. The Morgan fingerprint density at radius 3 is 2.39 bits per heavy atom. The lowest BCUT2D eigenvalue weighted by Gasteiger charge is -2.20. The van der Waals surface area contributed by atoms with Gasteiger partial charge in [0, 0.05) is 5.92 Å². The van der Waals surface area contributed by atoms with Crippen molar-refractivity contribution in [1.29, 1.82) is 0 Å². The predicted octanol–water partition coefficient (Wildman–Crippen LogP) is 4.78. The minimum atomic E-state index is -3.35. The van der Waals surface area contributed by atoms with Gasteiger partial charge in [-0.25, -0.2) is 12.8 Å². The van der Waals surface area contributed by atoms with E-state index in [9.17, 15) is 17.6 Å². The number of benzene rings is 2. The van der Waals surface area contributed by atoms with E-state index in [0.29, 0.717) is 17.7 Å². The quantitative estimate of drug-likeness (QED) is 0.670. The van der Waals surface area contributed by atoms with Crippen LogP contribution in [0.15, 0.2) is 36.4 Å². The Morgan fingerprint density at radius 2 is 1.84 bits per heavy atom. The number of nitrogens with one attached hydrogen (secondary N) is 2. The molecule has 168 valence electrons. The molecule has 3 atom stereocenters. The van der Waals surface area contributed by atoms with Crippen LogP contribution >= 0.6 is 0 Å². The van der Waals surface area contributed by atoms with E-state index >= 15 is 0 Å². The zero-order valence-electron chi connectivity index (χ0n) is 18.9. The summed E-state index contributed by atoms with van der Waals surface area (Å²) in [5.74, 6) is -0.384.